The third-order valence-corrected chi connectivity index (χ3v) is 3.06. The second kappa shape index (κ2) is 8.70. The van der Waals surface area contributed by atoms with Crippen molar-refractivity contribution in [2.24, 2.45) is 0 Å². The minimum atomic E-state index is -0.688. The van der Waals surface area contributed by atoms with E-state index >= 15 is 0 Å². The van der Waals surface area contributed by atoms with E-state index in [1.165, 1.54) is 5.56 Å². The molecule has 100 valence electrons. The largest absolute Gasteiger partial charge is 0.481 e. The van der Waals surface area contributed by atoms with E-state index in [0.717, 1.165) is 38.9 Å². The average molecular weight is 249 g/mol. The maximum atomic E-state index is 10.4. The van der Waals surface area contributed by atoms with Crippen molar-refractivity contribution in [3.05, 3.63) is 35.9 Å². The molecule has 0 aliphatic rings. The summed E-state index contributed by atoms with van der Waals surface area (Å²) in [7, 11) is 0. The second-order valence-electron chi connectivity index (χ2n) is 4.56. The Balaban J connectivity index is 2.20. The molecular weight excluding hydrogens is 226 g/mol. The van der Waals surface area contributed by atoms with Gasteiger partial charge in [0.15, 0.2) is 0 Å². The van der Waals surface area contributed by atoms with Gasteiger partial charge in [0.2, 0.25) is 0 Å². The molecule has 1 aromatic carbocycles. The molecule has 0 atom stereocenters. The van der Waals surface area contributed by atoms with Gasteiger partial charge < -0.3 is 5.11 Å². The lowest BCUT2D eigenvalue weighted by atomic mass is 10.1. The van der Waals surface area contributed by atoms with Crippen LogP contribution in [0.1, 0.15) is 38.2 Å². The zero-order valence-corrected chi connectivity index (χ0v) is 11.1. The molecule has 1 rings (SSSR count). The predicted octanol–water partition coefficient (Wildman–Crippen LogP) is 3.15. The van der Waals surface area contributed by atoms with Gasteiger partial charge in [-0.1, -0.05) is 43.7 Å². The number of carbonyl (C=O) groups is 1. The Hall–Kier alpha value is -1.35. The molecule has 0 fully saturated rings. The quantitative estimate of drug-likeness (QED) is 0.683. The van der Waals surface area contributed by atoms with Gasteiger partial charge in [0.1, 0.15) is 0 Å². The van der Waals surface area contributed by atoms with E-state index < -0.39 is 5.97 Å². The molecule has 3 heteroatoms. The third kappa shape index (κ3) is 6.40. The van der Waals surface area contributed by atoms with E-state index in [9.17, 15) is 4.79 Å². The first-order chi connectivity index (χ1) is 8.72. The minimum Gasteiger partial charge on any atom is -0.481 e. The standard InChI is InChI=1S/C15H23NO2/c1-2-16(12-8-4-7-11-15(17)18)13-14-9-5-3-6-10-14/h3,5-6,9-10H,2,4,7-8,11-13H2,1H3,(H,17,18). The normalized spacial score (nSPS) is 10.8. The molecular formula is C15H23NO2. The van der Waals surface area contributed by atoms with Crippen LogP contribution in [-0.4, -0.2) is 29.1 Å². The van der Waals surface area contributed by atoms with Gasteiger partial charge in [-0.15, -0.1) is 0 Å². The van der Waals surface area contributed by atoms with Crippen molar-refractivity contribution in [3.63, 3.8) is 0 Å². The number of unbranched alkanes of at least 4 members (excludes halogenated alkanes) is 2. The first-order valence-electron chi connectivity index (χ1n) is 6.70. The van der Waals surface area contributed by atoms with Gasteiger partial charge in [-0.05, 0) is 31.5 Å². The first-order valence-corrected chi connectivity index (χ1v) is 6.70. The molecule has 0 aromatic heterocycles. The molecule has 0 amide bonds. The number of rotatable bonds is 9. The molecule has 1 aromatic rings. The molecule has 0 unspecified atom stereocenters. The minimum absolute atomic E-state index is 0.296. The number of carboxylic acids is 1. The Morgan fingerprint density at radius 1 is 1.17 bits per heavy atom. The number of carboxylic acid groups (broad SMARTS) is 1. The van der Waals surface area contributed by atoms with Crippen molar-refractivity contribution in [2.75, 3.05) is 13.1 Å². The van der Waals surface area contributed by atoms with Crippen LogP contribution in [0.25, 0.3) is 0 Å². The molecule has 0 aliphatic heterocycles. The van der Waals surface area contributed by atoms with Crippen molar-refractivity contribution in [2.45, 2.75) is 39.2 Å². The van der Waals surface area contributed by atoms with E-state index in [2.05, 4.69) is 36.1 Å². The van der Waals surface area contributed by atoms with E-state index in [4.69, 9.17) is 5.11 Å². The van der Waals surface area contributed by atoms with Crippen molar-refractivity contribution in [3.8, 4) is 0 Å². The summed E-state index contributed by atoms with van der Waals surface area (Å²) >= 11 is 0. The lowest BCUT2D eigenvalue weighted by Gasteiger charge is -2.20. The Morgan fingerprint density at radius 2 is 1.89 bits per heavy atom. The average Bonchev–Trinajstić information content (AvgIpc) is 2.38. The number of hydrogen-bond acceptors (Lipinski definition) is 2. The van der Waals surface area contributed by atoms with Crippen molar-refractivity contribution < 1.29 is 9.90 Å². The van der Waals surface area contributed by atoms with Crippen LogP contribution in [0.3, 0.4) is 0 Å². The van der Waals surface area contributed by atoms with Gasteiger partial charge in [0, 0.05) is 13.0 Å². The first kappa shape index (κ1) is 14.7. The highest BCUT2D eigenvalue weighted by atomic mass is 16.4. The Labute approximate surface area is 109 Å². The van der Waals surface area contributed by atoms with Gasteiger partial charge >= 0.3 is 5.97 Å². The van der Waals surface area contributed by atoms with Crippen molar-refractivity contribution in [1.29, 1.82) is 0 Å². The summed E-state index contributed by atoms with van der Waals surface area (Å²) in [6.07, 6.45) is 3.16. The summed E-state index contributed by atoms with van der Waals surface area (Å²) in [4.78, 5) is 12.8. The van der Waals surface area contributed by atoms with Crippen LogP contribution in [0, 0.1) is 0 Å². The second-order valence-corrected chi connectivity index (χ2v) is 4.56. The zero-order chi connectivity index (χ0) is 13.2. The van der Waals surface area contributed by atoms with Crippen LogP contribution in [-0.2, 0) is 11.3 Å². The maximum Gasteiger partial charge on any atom is 0.303 e. The summed E-state index contributed by atoms with van der Waals surface area (Å²) in [5, 5.41) is 8.55. The lowest BCUT2D eigenvalue weighted by molar-refractivity contribution is -0.137. The summed E-state index contributed by atoms with van der Waals surface area (Å²) in [5.74, 6) is -0.688. The Kier molecular flexibility index (Phi) is 7.11. The highest BCUT2D eigenvalue weighted by Crippen LogP contribution is 2.07. The number of nitrogens with zero attached hydrogens (tertiary/aromatic N) is 1. The predicted molar refractivity (Wildman–Crippen MR) is 73.5 cm³/mol. The molecule has 3 nitrogen and oxygen atoms in total. The molecule has 0 radical (unpaired) electrons. The van der Waals surface area contributed by atoms with E-state index in [1.54, 1.807) is 0 Å². The lowest BCUT2D eigenvalue weighted by Crippen LogP contribution is -2.24. The Bertz CT molecular complexity index is 338. The third-order valence-electron chi connectivity index (χ3n) is 3.06. The topological polar surface area (TPSA) is 40.5 Å². The van der Waals surface area contributed by atoms with E-state index in [1.807, 2.05) is 6.07 Å². The molecule has 0 saturated carbocycles. The monoisotopic (exact) mass is 249 g/mol. The highest BCUT2D eigenvalue weighted by Gasteiger charge is 2.03. The zero-order valence-electron chi connectivity index (χ0n) is 11.1. The maximum absolute atomic E-state index is 10.4. The van der Waals surface area contributed by atoms with Crippen LogP contribution < -0.4 is 0 Å². The van der Waals surface area contributed by atoms with Crippen LogP contribution in [0.4, 0.5) is 0 Å². The molecule has 0 spiro atoms. The molecule has 0 saturated heterocycles. The number of hydrogen-bond donors (Lipinski definition) is 1. The van der Waals surface area contributed by atoms with Crippen LogP contribution in [0.15, 0.2) is 30.3 Å². The summed E-state index contributed by atoms with van der Waals surface area (Å²) < 4.78 is 0. The van der Waals surface area contributed by atoms with Crippen LogP contribution in [0.2, 0.25) is 0 Å². The number of benzene rings is 1. The molecule has 0 bridgehead atoms. The van der Waals surface area contributed by atoms with Gasteiger partial charge in [-0.25, -0.2) is 0 Å². The summed E-state index contributed by atoms with van der Waals surface area (Å²) in [5.41, 5.74) is 1.34. The fraction of sp³-hybridized carbons (Fsp3) is 0.533. The van der Waals surface area contributed by atoms with E-state index in [0.29, 0.717) is 6.42 Å². The molecule has 0 aliphatic carbocycles. The molecule has 0 heterocycles. The Morgan fingerprint density at radius 3 is 2.50 bits per heavy atom. The van der Waals surface area contributed by atoms with Gasteiger partial charge in [-0.2, -0.15) is 0 Å². The SMILES string of the molecule is CCN(CCCCCC(=O)O)Cc1ccccc1. The summed E-state index contributed by atoms with van der Waals surface area (Å²) in [6, 6.07) is 10.5. The smallest absolute Gasteiger partial charge is 0.303 e. The number of aliphatic carboxylic acids is 1. The molecule has 18 heavy (non-hydrogen) atoms. The highest BCUT2D eigenvalue weighted by molar-refractivity contribution is 5.66. The van der Waals surface area contributed by atoms with Crippen LogP contribution >= 0.6 is 0 Å². The fourth-order valence-electron chi connectivity index (χ4n) is 1.98. The van der Waals surface area contributed by atoms with Gasteiger partial charge in [0.25, 0.3) is 0 Å². The van der Waals surface area contributed by atoms with E-state index in [-0.39, 0.29) is 0 Å². The van der Waals surface area contributed by atoms with Gasteiger partial charge in [0.05, 0.1) is 0 Å². The summed E-state index contributed by atoms with van der Waals surface area (Å²) in [6.45, 7) is 5.23. The van der Waals surface area contributed by atoms with Crippen molar-refractivity contribution in [1.82, 2.24) is 4.90 Å². The molecule has 1 N–H and O–H groups in total. The fourth-order valence-corrected chi connectivity index (χ4v) is 1.98. The van der Waals surface area contributed by atoms with Crippen molar-refractivity contribution >= 4 is 5.97 Å². The van der Waals surface area contributed by atoms with Gasteiger partial charge in [-0.3, -0.25) is 9.69 Å². The van der Waals surface area contributed by atoms with Crippen LogP contribution in [0.5, 0.6) is 0 Å².